The highest BCUT2D eigenvalue weighted by molar-refractivity contribution is 6.28. The molecule has 0 bridgehead atoms. The van der Waals surface area contributed by atoms with Gasteiger partial charge in [-0.1, -0.05) is 0 Å². The van der Waals surface area contributed by atoms with Crippen LogP contribution in [0.5, 0.6) is 0 Å². The highest BCUT2D eigenvalue weighted by Crippen LogP contribution is 2.21. The summed E-state index contributed by atoms with van der Waals surface area (Å²) in [5.41, 5.74) is 0.342. The van der Waals surface area contributed by atoms with Gasteiger partial charge in [0.2, 0.25) is 5.28 Å². The molecule has 7 heteroatoms. The predicted octanol–water partition coefficient (Wildman–Crippen LogP) is 2.23. The Labute approximate surface area is 110 Å². The van der Waals surface area contributed by atoms with E-state index in [4.69, 9.17) is 16.3 Å². The van der Waals surface area contributed by atoms with Crippen LogP contribution in [0.4, 0.5) is 5.82 Å². The predicted molar refractivity (Wildman–Crippen MR) is 70.9 cm³/mol. The van der Waals surface area contributed by atoms with Crippen molar-refractivity contribution in [2.75, 3.05) is 18.5 Å². The molecule has 0 spiro atoms. The van der Waals surface area contributed by atoms with Crippen LogP contribution >= 0.6 is 11.6 Å². The number of nitrogens with one attached hydrogen (secondary N) is 2. The lowest BCUT2D eigenvalue weighted by molar-refractivity contribution is 0.000662. The van der Waals surface area contributed by atoms with Gasteiger partial charge in [-0.3, -0.25) is 5.10 Å². The van der Waals surface area contributed by atoms with E-state index in [1.807, 2.05) is 20.8 Å². The van der Waals surface area contributed by atoms with Gasteiger partial charge in [0, 0.05) is 13.2 Å². The number of anilines is 1. The molecule has 2 N–H and O–H groups in total. The van der Waals surface area contributed by atoms with Crippen molar-refractivity contribution in [3.8, 4) is 0 Å². The molecule has 2 aromatic rings. The monoisotopic (exact) mass is 269 g/mol. The molecule has 0 aromatic carbocycles. The fourth-order valence-corrected chi connectivity index (χ4v) is 1.85. The van der Waals surface area contributed by atoms with Crippen LogP contribution in [0, 0.1) is 0 Å². The molecule has 2 rings (SSSR count). The van der Waals surface area contributed by atoms with E-state index in [0.29, 0.717) is 24.6 Å². The molecular formula is C11H16ClN5O. The number of rotatable bonds is 5. The Morgan fingerprint density at radius 2 is 2.22 bits per heavy atom. The number of aromatic amines is 1. The van der Waals surface area contributed by atoms with Crippen LogP contribution in [0.15, 0.2) is 6.20 Å². The molecule has 2 heterocycles. The van der Waals surface area contributed by atoms with Crippen molar-refractivity contribution in [1.82, 2.24) is 20.2 Å². The molecule has 0 unspecified atom stereocenters. The van der Waals surface area contributed by atoms with Crippen LogP contribution in [0.2, 0.25) is 5.28 Å². The lowest BCUT2D eigenvalue weighted by atomic mass is 10.1. The smallest absolute Gasteiger partial charge is 0.226 e. The summed E-state index contributed by atoms with van der Waals surface area (Å²) >= 11 is 5.85. The zero-order chi connectivity index (χ0) is 13.2. The Bertz CT molecular complexity index is 539. The Hall–Kier alpha value is -1.40. The maximum Gasteiger partial charge on any atom is 0.226 e. The summed E-state index contributed by atoms with van der Waals surface area (Å²) in [5, 5.41) is 10.9. The molecule has 0 saturated heterocycles. The molecule has 0 aliphatic rings. The van der Waals surface area contributed by atoms with Gasteiger partial charge in [0.25, 0.3) is 0 Å². The molecule has 6 nitrogen and oxygen atoms in total. The standard InChI is InChI=1S/C11H16ClN5O/c1-4-18-11(2,3)6-13-8-7-5-14-17-9(7)16-10(12)15-8/h5H,4,6H2,1-3H3,(H2,13,14,15,16,17). The van der Waals surface area contributed by atoms with Gasteiger partial charge in [0.15, 0.2) is 5.65 Å². The number of aromatic nitrogens is 4. The van der Waals surface area contributed by atoms with E-state index in [-0.39, 0.29) is 10.9 Å². The van der Waals surface area contributed by atoms with E-state index >= 15 is 0 Å². The molecule has 2 aromatic heterocycles. The number of hydrogen-bond acceptors (Lipinski definition) is 5. The molecule has 0 atom stereocenters. The summed E-state index contributed by atoms with van der Waals surface area (Å²) in [6.07, 6.45) is 1.67. The average Bonchev–Trinajstić information content (AvgIpc) is 2.73. The van der Waals surface area contributed by atoms with Crippen LogP contribution in [-0.4, -0.2) is 38.9 Å². The van der Waals surface area contributed by atoms with E-state index in [2.05, 4.69) is 25.5 Å². The summed E-state index contributed by atoms with van der Waals surface area (Å²) in [6.45, 7) is 7.28. The van der Waals surface area contributed by atoms with E-state index in [0.717, 1.165) is 5.39 Å². The Balaban J connectivity index is 2.19. The van der Waals surface area contributed by atoms with Crippen molar-refractivity contribution in [3.05, 3.63) is 11.5 Å². The summed E-state index contributed by atoms with van der Waals surface area (Å²) in [4.78, 5) is 8.21. The maximum absolute atomic E-state index is 5.85. The van der Waals surface area contributed by atoms with Gasteiger partial charge in [0.1, 0.15) is 5.82 Å². The number of H-pyrrole nitrogens is 1. The van der Waals surface area contributed by atoms with Crippen LogP contribution in [-0.2, 0) is 4.74 Å². The van der Waals surface area contributed by atoms with E-state index in [1.54, 1.807) is 6.20 Å². The van der Waals surface area contributed by atoms with Crippen LogP contribution < -0.4 is 5.32 Å². The van der Waals surface area contributed by atoms with Crippen molar-refractivity contribution >= 4 is 28.5 Å². The number of fused-ring (bicyclic) bond motifs is 1. The normalized spacial score (nSPS) is 12.0. The summed E-state index contributed by atoms with van der Waals surface area (Å²) < 4.78 is 5.61. The highest BCUT2D eigenvalue weighted by Gasteiger charge is 2.18. The van der Waals surface area contributed by atoms with Gasteiger partial charge < -0.3 is 10.1 Å². The molecule has 0 saturated carbocycles. The minimum absolute atomic E-state index is 0.184. The summed E-state index contributed by atoms with van der Waals surface area (Å²) in [7, 11) is 0. The Kier molecular flexibility index (Phi) is 3.68. The number of halogens is 1. The molecule has 0 fully saturated rings. The first-order chi connectivity index (χ1) is 8.52. The van der Waals surface area contributed by atoms with E-state index in [1.165, 1.54) is 0 Å². The van der Waals surface area contributed by atoms with Gasteiger partial charge >= 0.3 is 0 Å². The minimum atomic E-state index is -0.276. The molecule has 0 radical (unpaired) electrons. The first-order valence-electron chi connectivity index (χ1n) is 5.76. The average molecular weight is 270 g/mol. The first kappa shape index (κ1) is 13.0. The summed E-state index contributed by atoms with van der Waals surface area (Å²) in [5.74, 6) is 0.659. The van der Waals surface area contributed by atoms with Gasteiger partial charge in [-0.2, -0.15) is 15.1 Å². The molecule has 0 aliphatic carbocycles. The van der Waals surface area contributed by atoms with Gasteiger partial charge in [-0.25, -0.2) is 0 Å². The topological polar surface area (TPSA) is 75.7 Å². The molecule has 18 heavy (non-hydrogen) atoms. The van der Waals surface area contributed by atoms with Crippen LogP contribution in [0.25, 0.3) is 11.0 Å². The van der Waals surface area contributed by atoms with Gasteiger partial charge in [-0.15, -0.1) is 0 Å². The Morgan fingerprint density at radius 3 is 2.94 bits per heavy atom. The van der Waals surface area contributed by atoms with Crippen LogP contribution in [0.3, 0.4) is 0 Å². The minimum Gasteiger partial charge on any atom is -0.374 e. The molecule has 0 amide bonds. The zero-order valence-corrected chi connectivity index (χ0v) is 11.4. The van der Waals surface area contributed by atoms with Gasteiger partial charge in [-0.05, 0) is 32.4 Å². The molecular weight excluding hydrogens is 254 g/mol. The third-order valence-corrected chi connectivity index (χ3v) is 2.67. The van der Waals surface area contributed by atoms with Crippen molar-refractivity contribution in [1.29, 1.82) is 0 Å². The van der Waals surface area contributed by atoms with E-state index < -0.39 is 0 Å². The fourth-order valence-electron chi connectivity index (χ4n) is 1.68. The third kappa shape index (κ3) is 2.88. The second kappa shape index (κ2) is 5.07. The largest absolute Gasteiger partial charge is 0.374 e. The highest BCUT2D eigenvalue weighted by atomic mass is 35.5. The van der Waals surface area contributed by atoms with E-state index in [9.17, 15) is 0 Å². The second-order valence-electron chi connectivity index (χ2n) is 4.52. The molecule has 0 aliphatic heterocycles. The first-order valence-corrected chi connectivity index (χ1v) is 6.14. The maximum atomic E-state index is 5.85. The molecule has 98 valence electrons. The van der Waals surface area contributed by atoms with Crippen molar-refractivity contribution in [2.24, 2.45) is 0 Å². The lowest BCUT2D eigenvalue weighted by Crippen LogP contribution is -2.33. The summed E-state index contributed by atoms with van der Waals surface area (Å²) in [6, 6.07) is 0. The quantitative estimate of drug-likeness (QED) is 0.814. The van der Waals surface area contributed by atoms with Crippen LogP contribution in [0.1, 0.15) is 20.8 Å². The SMILES string of the molecule is CCOC(C)(C)CNc1nc(Cl)nc2[nH]ncc12. The fraction of sp³-hybridized carbons (Fsp3) is 0.545. The number of ether oxygens (including phenoxy) is 1. The number of nitrogens with zero attached hydrogens (tertiary/aromatic N) is 3. The zero-order valence-electron chi connectivity index (χ0n) is 10.6. The van der Waals surface area contributed by atoms with Crippen molar-refractivity contribution in [3.63, 3.8) is 0 Å². The number of hydrogen-bond donors (Lipinski definition) is 2. The second-order valence-corrected chi connectivity index (χ2v) is 4.86. The third-order valence-electron chi connectivity index (χ3n) is 2.50. The van der Waals surface area contributed by atoms with Crippen molar-refractivity contribution in [2.45, 2.75) is 26.4 Å². The Morgan fingerprint density at radius 1 is 1.44 bits per heavy atom. The van der Waals surface area contributed by atoms with Crippen molar-refractivity contribution < 1.29 is 4.74 Å². The lowest BCUT2D eigenvalue weighted by Gasteiger charge is -2.25. The van der Waals surface area contributed by atoms with Gasteiger partial charge in [0.05, 0.1) is 17.2 Å².